The fourth-order valence-corrected chi connectivity index (χ4v) is 5.86. The molecule has 6 heteroatoms. The first kappa shape index (κ1) is 24.0. The molecule has 2 aliphatic rings. The molecule has 2 aromatic rings. The lowest BCUT2D eigenvalue weighted by molar-refractivity contribution is -0.254. The van der Waals surface area contributed by atoms with Gasteiger partial charge in [0.15, 0.2) is 11.6 Å². The second kappa shape index (κ2) is 10.0. The summed E-state index contributed by atoms with van der Waals surface area (Å²) < 4.78 is 68.9. The molecule has 0 spiro atoms. The molecule has 0 bridgehead atoms. The van der Waals surface area contributed by atoms with Gasteiger partial charge in [0, 0.05) is 0 Å². The second-order valence-corrected chi connectivity index (χ2v) is 9.73. The van der Waals surface area contributed by atoms with Gasteiger partial charge in [-0.3, -0.25) is 0 Å². The van der Waals surface area contributed by atoms with Crippen molar-refractivity contribution in [1.29, 1.82) is 0 Å². The SMILES string of the molecule is CCCC1CCC2CC(c3ccc(-c4ccc(OC(F)(F)C(F)F)c(F)c4)cc3)CCC2C1. The van der Waals surface area contributed by atoms with Crippen molar-refractivity contribution < 1.29 is 26.7 Å². The van der Waals surface area contributed by atoms with Gasteiger partial charge in [-0.1, -0.05) is 56.5 Å². The van der Waals surface area contributed by atoms with Gasteiger partial charge in [-0.2, -0.15) is 17.6 Å². The molecule has 0 amide bonds. The fraction of sp³-hybridized carbons (Fsp3) is 0.556. The minimum Gasteiger partial charge on any atom is -0.425 e. The van der Waals surface area contributed by atoms with E-state index in [1.807, 2.05) is 12.1 Å². The summed E-state index contributed by atoms with van der Waals surface area (Å²) in [5, 5.41) is 0. The molecule has 2 aromatic carbocycles. The van der Waals surface area contributed by atoms with Crippen molar-refractivity contribution in [3.8, 4) is 16.9 Å². The number of hydrogen-bond acceptors (Lipinski definition) is 1. The first-order valence-electron chi connectivity index (χ1n) is 12.0. The number of benzene rings is 2. The predicted octanol–water partition coefficient (Wildman–Crippen LogP) is 8.83. The van der Waals surface area contributed by atoms with E-state index in [-0.39, 0.29) is 0 Å². The van der Waals surface area contributed by atoms with E-state index in [4.69, 9.17) is 0 Å². The average molecular weight is 467 g/mol. The standard InChI is InChI=1S/C27H31F5O/c1-2-3-17-4-5-22-15-21(11-10-20(22)14-17)18-6-8-19(9-7-18)23-12-13-25(24(28)16-23)33-27(31,32)26(29)30/h6-9,12-13,16-17,20-22,26H,2-5,10-11,14-15H2,1H3. The Morgan fingerprint density at radius 1 is 0.909 bits per heavy atom. The molecule has 2 aliphatic carbocycles. The summed E-state index contributed by atoms with van der Waals surface area (Å²) in [4.78, 5) is 0. The lowest BCUT2D eigenvalue weighted by Gasteiger charge is -2.42. The Bertz CT molecular complexity index is 927. The van der Waals surface area contributed by atoms with Crippen LogP contribution >= 0.6 is 0 Å². The van der Waals surface area contributed by atoms with Crippen LogP contribution in [0.3, 0.4) is 0 Å². The van der Waals surface area contributed by atoms with Crippen molar-refractivity contribution in [3.63, 3.8) is 0 Å². The largest absolute Gasteiger partial charge is 0.461 e. The van der Waals surface area contributed by atoms with Crippen LogP contribution in [0, 0.1) is 23.6 Å². The zero-order valence-corrected chi connectivity index (χ0v) is 18.9. The summed E-state index contributed by atoms with van der Waals surface area (Å²) in [6.45, 7) is 2.27. The van der Waals surface area contributed by atoms with Crippen LogP contribution < -0.4 is 4.74 Å². The van der Waals surface area contributed by atoms with Gasteiger partial charge in [0.25, 0.3) is 0 Å². The molecule has 0 saturated heterocycles. The van der Waals surface area contributed by atoms with Crippen LogP contribution in [0.1, 0.15) is 69.8 Å². The van der Waals surface area contributed by atoms with Gasteiger partial charge < -0.3 is 4.74 Å². The van der Waals surface area contributed by atoms with E-state index in [1.54, 1.807) is 0 Å². The molecule has 0 radical (unpaired) electrons. The molecule has 180 valence electrons. The number of halogens is 5. The average Bonchev–Trinajstić information content (AvgIpc) is 2.80. The van der Waals surface area contributed by atoms with E-state index < -0.39 is 24.1 Å². The monoisotopic (exact) mass is 466 g/mol. The molecule has 2 saturated carbocycles. The smallest absolute Gasteiger partial charge is 0.425 e. The van der Waals surface area contributed by atoms with E-state index in [0.717, 1.165) is 35.4 Å². The van der Waals surface area contributed by atoms with Crippen LogP contribution in [-0.2, 0) is 0 Å². The third-order valence-corrected chi connectivity index (χ3v) is 7.57. The van der Waals surface area contributed by atoms with Crippen LogP contribution in [0.15, 0.2) is 42.5 Å². The van der Waals surface area contributed by atoms with E-state index >= 15 is 0 Å². The van der Waals surface area contributed by atoms with Crippen LogP contribution in [0.25, 0.3) is 11.1 Å². The van der Waals surface area contributed by atoms with Crippen molar-refractivity contribution in [2.45, 2.75) is 76.7 Å². The summed E-state index contributed by atoms with van der Waals surface area (Å²) in [6.07, 6.45) is 1.64. The highest BCUT2D eigenvalue weighted by Crippen LogP contribution is 2.48. The van der Waals surface area contributed by atoms with Crippen molar-refractivity contribution in [2.75, 3.05) is 0 Å². The summed E-state index contributed by atoms with van der Waals surface area (Å²) in [7, 11) is 0. The molecule has 33 heavy (non-hydrogen) atoms. The molecule has 0 heterocycles. The Hall–Kier alpha value is -2.11. The summed E-state index contributed by atoms with van der Waals surface area (Å²) in [5.74, 6) is 1.12. The molecule has 2 fully saturated rings. The predicted molar refractivity (Wildman–Crippen MR) is 119 cm³/mol. The van der Waals surface area contributed by atoms with Crippen LogP contribution in [0.4, 0.5) is 22.0 Å². The van der Waals surface area contributed by atoms with Crippen LogP contribution in [0.5, 0.6) is 5.75 Å². The number of alkyl halides is 4. The van der Waals surface area contributed by atoms with Gasteiger partial charge in [-0.15, -0.1) is 0 Å². The molecule has 4 atom stereocenters. The van der Waals surface area contributed by atoms with Crippen LogP contribution in [-0.4, -0.2) is 12.5 Å². The molecule has 0 aromatic heterocycles. The summed E-state index contributed by atoms with van der Waals surface area (Å²) in [6, 6.07) is 11.3. The zero-order valence-electron chi connectivity index (χ0n) is 18.9. The quantitative estimate of drug-likeness (QED) is 0.370. The normalized spacial score (nSPS) is 25.7. The third kappa shape index (κ3) is 5.52. The maximum Gasteiger partial charge on any atom is 0.461 e. The number of ether oxygens (including phenoxy) is 1. The van der Waals surface area contributed by atoms with Crippen molar-refractivity contribution >= 4 is 0 Å². The number of rotatable bonds is 7. The first-order chi connectivity index (χ1) is 15.8. The number of fused-ring (bicyclic) bond motifs is 1. The zero-order chi connectivity index (χ0) is 23.6. The molecular formula is C27H31F5O. The third-order valence-electron chi connectivity index (χ3n) is 7.57. The van der Waals surface area contributed by atoms with Crippen molar-refractivity contribution in [2.24, 2.45) is 17.8 Å². The van der Waals surface area contributed by atoms with E-state index in [2.05, 4.69) is 23.8 Å². The Labute approximate surface area is 192 Å². The molecule has 4 unspecified atom stereocenters. The van der Waals surface area contributed by atoms with Gasteiger partial charge in [0.1, 0.15) is 0 Å². The Balaban J connectivity index is 1.40. The minimum atomic E-state index is -4.74. The lowest BCUT2D eigenvalue weighted by Crippen LogP contribution is -2.33. The summed E-state index contributed by atoms with van der Waals surface area (Å²) in [5.41, 5.74) is 2.49. The highest BCUT2D eigenvalue weighted by Gasteiger charge is 2.44. The second-order valence-electron chi connectivity index (χ2n) is 9.73. The van der Waals surface area contributed by atoms with E-state index in [0.29, 0.717) is 11.5 Å². The molecule has 1 nitrogen and oxygen atoms in total. The van der Waals surface area contributed by atoms with E-state index in [1.165, 1.54) is 63.0 Å². The van der Waals surface area contributed by atoms with Gasteiger partial charge in [0.05, 0.1) is 0 Å². The van der Waals surface area contributed by atoms with Crippen LogP contribution in [0.2, 0.25) is 0 Å². The Kier molecular flexibility index (Phi) is 7.30. The summed E-state index contributed by atoms with van der Waals surface area (Å²) >= 11 is 0. The van der Waals surface area contributed by atoms with Gasteiger partial charge >= 0.3 is 12.5 Å². The highest BCUT2D eigenvalue weighted by atomic mass is 19.3. The maximum absolute atomic E-state index is 14.2. The molecule has 4 rings (SSSR count). The topological polar surface area (TPSA) is 9.23 Å². The molecule has 0 aliphatic heterocycles. The van der Waals surface area contributed by atoms with Gasteiger partial charge in [0.2, 0.25) is 0 Å². The Morgan fingerprint density at radius 3 is 2.24 bits per heavy atom. The Morgan fingerprint density at radius 2 is 1.58 bits per heavy atom. The van der Waals surface area contributed by atoms with Crippen molar-refractivity contribution in [1.82, 2.24) is 0 Å². The molecule has 0 N–H and O–H groups in total. The molecular weight excluding hydrogens is 435 g/mol. The minimum absolute atomic E-state index is 0.477. The maximum atomic E-state index is 14.2. The van der Waals surface area contributed by atoms with Crippen molar-refractivity contribution in [3.05, 3.63) is 53.8 Å². The van der Waals surface area contributed by atoms with Gasteiger partial charge in [-0.25, -0.2) is 4.39 Å². The highest BCUT2D eigenvalue weighted by molar-refractivity contribution is 5.64. The number of hydrogen-bond donors (Lipinski definition) is 0. The lowest BCUT2D eigenvalue weighted by atomic mass is 9.63. The van der Waals surface area contributed by atoms with E-state index in [9.17, 15) is 22.0 Å². The fourth-order valence-electron chi connectivity index (χ4n) is 5.86. The first-order valence-corrected chi connectivity index (χ1v) is 12.0. The van der Waals surface area contributed by atoms with Gasteiger partial charge in [-0.05, 0) is 84.6 Å².